The highest BCUT2D eigenvalue weighted by Gasteiger charge is 2.54. The van der Waals surface area contributed by atoms with Gasteiger partial charge in [-0.05, 0) is 31.8 Å². The number of methoxy groups -OCH3 is 2. The number of likely N-dealkylation sites (tertiary alicyclic amines) is 1. The third-order valence-electron chi connectivity index (χ3n) is 6.77. The van der Waals surface area contributed by atoms with Crippen LogP contribution in [0.15, 0.2) is 36.3 Å². The molecule has 1 saturated carbocycles. The molecule has 0 radical (unpaired) electrons. The van der Waals surface area contributed by atoms with Gasteiger partial charge in [0.15, 0.2) is 5.82 Å². The third-order valence-corrected chi connectivity index (χ3v) is 6.77. The lowest BCUT2D eigenvalue weighted by molar-refractivity contribution is -0.137. The molecule has 0 aromatic carbocycles. The molecule has 1 atom stereocenters. The van der Waals surface area contributed by atoms with Gasteiger partial charge in [-0.2, -0.15) is 0 Å². The summed E-state index contributed by atoms with van der Waals surface area (Å²) in [5, 5.41) is 11.0. The number of carbonyl (C=O) groups excluding carboxylic acids is 2. The number of nitrogens with zero attached hydrogens (tertiary/aromatic N) is 3. The number of allylic oxidation sites excluding steroid dienone is 1. The Balaban J connectivity index is 1.39. The Morgan fingerprint density at radius 3 is 2.68 bits per heavy atom. The molecular weight excluding hydrogens is 486 g/mol. The molecule has 1 unspecified atom stereocenters. The van der Waals surface area contributed by atoms with E-state index >= 15 is 0 Å². The monoisotopic (exact) mass is 514 g/mol. The second-order valence-corrected chi connectivity index (χ2v) is 9.11. The first-order valence-corrected chi connectivity index (χ1v) is 11.7. The topological polar surface area (TPSA) is 144 Å². The van der Waals surface area contributed by atoms with E-state index in [1.165, 1.54) is 26.4 Å². The van der Waals surface area contributed by atoms with E-state index in [9.17, 15) is 18.4 Å². The van der Waals surface area contributed by atoms with Crippen LogP contribution in [0.3, 0.4) is 0 Å². The highest BCUT2D eigenvalue weighted by molar-refractivity contribution is 6.11. The van der Waals surface area contributed by atoms with Gasteiger partial charge in [-0.1, -0.05) is 0 Å². The van der Waals surface area contributed by atoms with Crippen molar-refractivity contribution in [2.45, 2.75) is 37.8 Å². The van der Waals surface area contributed by atoms with Crippen LogP contribution in [0, 0.1) is 23.0 Å². The zero-order valence-electron chi connectivity index (χ0n) is 20.5. The molecule has 1 aliphatic heterocycles. The van der Waals surface area contributed by atoms with Gasteiger partial charge in [-0.3, -0.25) is 14.6 Å². The van der Waals surface area contributed by atoms with Gasteiger partial charge in [-0.25, -0.2) is 13.8 Å². The summed E-state index contributed by atoms with van der Waals surface area (Å²) in [6.45, 7) is 0.400. The number of ether oxygens (including phenoxy) is 2. The summed E-state index contributed by atoms with van der Waals surface area (Å²) in [6, 6.07) is 2.46. The van der Waals surface area contributed by atoms with E-state index < -0.39 is 23.1 Å². The van der Waals surface area contributed by atoms with E-state index in [0.717, 1.165) is 31.3 Å². The summed E-state index contributed by atoms with van der Waals surface area (Å²) < 4.78 is 37.6. The predicted molar refractivity (Wildman–Crippen MR) is 129 cm³/mol. The third kappa shape index (κ3) is 5.52. The number of halogens is 2. The second kappa shape index (κ2) is 10.5. The number of nitrogens with one attached hydrogen (secondary N) is 2. The summed E-state index contributed by atoms with van der Waals surface area (Å²) in [7, 11) is 2.77. The molecule has 1 spiro atoms. The Labute approximate surface area is 212 Å². The summed E-state index contributed by atoms with van der Waals surface area (Å²) in [5.41, 5.74) is 5.40. The lowest BCUT2D eigenvalue weighted by Crippen LogP contribution is -2.51. The highest BCUT2D eigenvalue weighted by atomic mass is 19.1. The van der Waals surface area contributed by atoms with Crippen LogP contribution in [-0.4, -0.2) is 58.7 Å². The average Bonchev–Trinajstić information content (AvgIpc) is 3.66. The number of aromatic nitrogens is 2. The van der Waals surface area contributed by atoms with Gasteiger partial charge in [0.05, 0.1) is 44.6 Å². The standard InChI is InChI=1S/C25H28F2N6O4/c1-36-21-7-15(26)11-30-20(21)13-32-23(34)14-3-6-33(25(10-14)4-5-25)24(35)19(29)9-18(28)16-8-22(37-2)31-12-17(16)27/h7-9,11-12,14,28H,3-6,10,13,29H2,1-2H3,(H,32,34)/b19-9-,28-18?. The Morgan fingerprint density at radius 2 is 2.00 bits per heavy atom. The molecule has 3 heterocycles. The van der Waals surface area contributed by atoms with E-state index in [4.69, 9.17) is 20.6 Å². The summed E-state index contributed by atoms with van der Waals surface area (Å²) in [4.78, 5) is 35.4. The average molecular weight is 515 g/mol. The number of piperidine rings is 1. The Bertz CT molecular complexity index is 1260. The SMILES string of the molecule is COc1cc(C(=N)/C=C(\N)C(=O)N2CCC(C(=O)NCc3ncc(F)cc3OC)CC23CC3)c(F)cn1. The lowest BCUT2D eigenvalue weighted by Gasteiger charge is -2.39. The van der Waals surface area contributed by atoms with Crippen molar-refractivity contribution in [2.75, 3.05) is 20.8 Å². The molecule has 1 saturated heterocycles. The maximum Gasteiger partial charge on any atom is 0.270 e. The van der Waals surface area contributed by atoms with Crippen LogP contribution in [-0.2, 0) is 16.1 Å². The van der Waals surface area contributed by atoms with Crippen molar-refractivity contribution in [1.29, 1.82) is 5.41 Å². The number of nitrogens with two attached hydrogens (primary N) is 1. The fourth-order valence-electron chi connectivity index (χ4n) is 4.61. The molecular formula is C25H28F2N6O4. The van der Waals surface area contributed by atoms with Gasteiger partial charge in [0, 0.05) is 35.7 Å². The molecule has 196 valence electrons. The summed E-state index contributed by atoms with van der Waals surface area (Å²) in [5.74, 6) is -1.85. The van der Waals surface area contributed by atoms with Gasteiger partial charge in [-0.15, -0.1) is 0 Å². The quantitative estimate of drug-likeness (QED) is 0.361. The second-order valence-electron chi connectivity index (χ2n) is 9.11. The summed E-state index contributed by atoms with van der Waals surface area (Å²) in [6.07, 6.45) is 5.48. The highest BCUT2D eigenvalue weighted by Crippen LogP contribution is 2.50. The first-order valence-electron chi connectivity index (χ1n) is 11.7. The molecule has 37 heavy (non-hydrogen) atoms. The lowest BCUT2D eigenvalue weighted by atomic mass is 9.88. The van der Waals surface area contributed by atoms with E-state index in [-0.39, 0.29) is 47.0 Å². The van der Waals surface area contributed by atoms with E-state index in [1.807, 2.05) is 0 Å². The first kappa shape index (κ1) is 26.0. The van der Waals surface area contributed by atoms with Crippen LogP contribution in [0.2, 0.25) is 0 Å². The van der Waals surface area contributed by atoms with Crippen LogP contribution < -0.4 is 20.5 Å². The Hall–Kier alpha value is -4.09. The van der Waals surface area contributed by atoms with E-state index in [2.05, 4.69) is 15.3 Å². The molecule has 4 rings (SSSR count). The van der Waals surface area contributed by atoms with Crippen molar-refractivity contribution in [1.82, 2.24) is 20.2 Å². The number of pyridine rings is 2. The van der Waals surface area contributed by atoms with Gasteiger partial charge in [0.25, 0.3) is 5.91 Å². The molecule has 2 aromatic heterocycles. The van der Waals surface area contributed by atoms with E-state index in [1.54, 1.807) is 4.90 Å². The molecule has 10 nitrogen and oxygen atoms in total. The van der Waals surface area contributed by atoms with Gasteiger partial charge in [0.2, 0.25) is 11.8 Å². The van der Waals surface area contributed by atoms with Crippen molar-refractivity contribution in [3.05, 3.63) is 59.2 Å². The van der Waals surface area contributed by atoms with Crippen molar-refractivity contribution >= 4 is 17.5 Å². The molecule has 2 aliphatic rings. The zero-order valence-corrected chi connectivity index (χ0v) is 20.5. The molecule has 4 N–H and O–H groups in total. The predicted octanol–water partition coefficient (Wildman–Crippen LogP) is 2.07. The molecule has 1 aliphatic carbocycles. The maximum atomic E-state index is 14.2. The number of hydrogen-bond donors (Lipinski definition) is 3. The molecule has 0 bridgehead atoms. The number of amides is 2. The smallest absolute Gasteiger partial charge is 0.270 e. The minimum Gasteiger partial charge on any atom is -0.495 e. The first-order chi connectivity index (χ1) is 17.7. The van der Waals surface area contributed by atoms with Crippen molar-refractivity contribution in [2.24, 2.45) is 11.7 Å². The van der Waals surface area contributed by atoms with Crippen molar-refractivity contribution in [3.8, 4) is 11.6 Å². The van der Waals surface area contributed by atoms with Crippen LogP contribution in [0.4, 0.5) is 8.78 Å². The van der Waals surface area contributed by atoms with Crippen LogP contribution in [0.5, 0.6) is 11.6 Å². The molecule has 12 heteroatoms. The largest absolute Gasteiger partial charge is 0.495 e. The fourth-order valence-corrected chi connectivity index (χ4v) is 4.61. The maximum absolute atomic E-state index is 14.2. The number of hydrogen-bond acceptors (Lipinski definition) is 8. The van der Waals surface area contributed by atoms with Crippen LogP contribution in [0.25, 0.3) is 0 Å². The Kier molecular flexibility index (Phi) is 7.37. The van der Waals surface area contributed by atoms with Crippen LogP contribution >= 0.6 is 0 Å². The number of rotatable bonds is 8. The molecule has 2 aromatic rings. The van der Waals surface area contributed by atoms with E-state index in [0.29, 0.717) is 25.1 Å². The molecule has 2 amide bonds. The Morgan fingerprint density at radius 1 is 1.24 bits per heavy atom. The number of carbonyl (C=O) groups is 2. The van der Waals surface area contributed by atoms with Crippen molar-refractivity contribution < 1.29 is 27.8 Å². The zero-order chi connectivity index (χ0) is 26.7. The summed E-state index contributed by atoms with van der Waals surface area (Å²) >= 11 is 0. The van der Waals surface area contributed by atoms with Gasteiger partial charge >= 0.3 is 0 Å². The minimum absolute atomic E-state index is 0.0859. The minimum atomic E-state index is -0.735. The van der Waals surface area contributed by atoms with Gasteiger partial charge in [0.1, 0.15) is 17.3 Å². The molecule has 2 fully saturated rings. The normalized spacial score (nSPS) is 18.3. The van der Waals surface area contributed by atoms with Crippen molar-refractivity contribution in [3.63, 3.8) is 0 Å². The van der Waals surface area contributed by atoms with Gasteiger partial charge < -0.3 is 30.8 Å². The van der Waals surface area contributed by atoms with Crippen LogP contribution in [0.1, 0.15) is 36.9 Å². The fraction of sp³-hybridized carbons (Fsp3) is 0.400.